The zero-order chi connectivity index (χ0) is 12.6. The molecule has 0 radical (unpaired) electrons. The van der Waals surface area contributed by atoms with Crippen LogP contribution in [0, 0.1) is 11.3 Å². The third kappa shape index (κ3) is 2.08. The first-order valence-electron chi connectivity index (χ1n) is 5.57. The molecule has 0 aromatic carbocycles. The zero-order valence-corrected chi connectivity index (χ0v) is 11.2. The fraction of sp³-hybridized carbons (Fsp3) is 0.636. The lowest BCUT2D eigenvalue weighted by Gasteiger charge is -2.45. The summed E-state index contributed by atoms with van der Waals surface area (Å²) in [5, 5.41) is 10.0. The van der Waals surface area contributed by atoms with E-state index in [0.29, 0.717) is 11.4 Å². The zero-order valence-electron chi connectivity index (χ0n) is 10.4. The second kappa shape index (κ2) is 4.17. The Labute approximate surface area is 106 Å². The summed E-state index contributed by atoms with van der Waals surface area (Å²) in [4.78, 5) is 4.55. The maximum atomic E-state index is 9.10. The Morgan fingerprint density at radius 1 is 1.47 bits per heavy atom. The predicted molar refractivity (Wildman–Crippen MR) is 70.2 cm³/mol. The fourth-order valence-corrected chi connectivity index (χ4v) is 2.82. The molecule has 0 bridgehead atoms. The number of nitrogens with zero attached hydrogens (tertiary/aromatic N) is 4. The molecule has 92 valence electrons. The van der Waals surface area contributed by atoms with E-state index < -0.39 is 0 Å². The van der Waals surface area contributed by atoms with Crippen LogP contribution in [0.3, 0.4) is 0 Å². The largest absolute Gasteiger partial charge is 0.382 e. The van der Waals surface area contributed by atoms with Crippen molar-refractivity contribution in [2.45, 2.75) is 19.4 Å². The smallest absolute Gasteiger partial charge is 0.157 e. The van der Waals surface area contributed by atoms with Gasteiger partial charge >= 0.3 is 0 Å². The van der Waals surface area contributed by atoms with E-state index in [4.69, 9.17) is 11.0 Å². The molecule has 17 heavy (non-hydrogen) atoms. The molecule has 1 saturated heterocycles. The number of likely N-dealkylation sites (N-methyl/N-ethyl adjacent to an activating group) is 1. The molecule has 1 aromatic heterocycles. The molecule has 0 aliphatic carbocycles. The van der Waals surface area contributed by atoms with Gasteiger partial charge in [0, 0.05) is 25.2 Å². The van der Waals surface area contributed by atoms with Crippen molar-refractivity contribution in [3.63, 3.8) is 0 Å². The lowest BCUT2D eigenvalue weighted by molar-refractivity contribution is 0.139. The molecule has 0 saturated carbocycles. The number of nitrogen functional groups attached to an aromatic ring is 1. The standard InChI is InChI=1S/C11H17N5S/c1-11(2)7-16(5-4-15(11)3)10-8(6-12)9(13)14-17-10/h4-5,7H2,1-3H3,(H2,13,14). The SMILES string of the molecule is CN1CCN(c2snc(N)c2C#N)CC1(C)C. The van der Waals surface area contributed by atoms with Gasteiger partial charge in [0.2, 0.25) is 0 Å². The van der Waals surface area contributed by atoms with Crippen molar-refractivity contribution in [1.29, 1.82) is 5.26 Å². The Kier molecular flexibility index (Phi) is 2.98. The van der Waals surface area contributed by atoms with Crippen LogP contribution in [-0.2, 0) is 0 Å². The number of anilines is 2. The molecule has 0 amide bonds. The van der Waals surface area contributed by atoms with E-state index >= 15 is 0 Å². The summed E-state index contributed by atoms with van der Waals surface area (Å²) < 4.78 is 4.07. The molecule has 5 nitrogen and oxygen atoms in total. The van der Waals surface area contributed by atoms with Gasteiger partial charge in [0.25, 0.3) is 0 Å². The number of aromatic nitrogens is 1. The fourth-order valence-electron chi connectivity index (χ4n) is 2.03. The molecule has 0 atom stereocenters. The average Bonchev–Trinajstić information content (AvgIpc) is 2.63. The molecule has 2 rings (SSSR count). The second-order valence-corrected chi connectivity index (χ2v) is 5.77. The summed E-state index contributed by atoms with van der Waals surface area (Å²) in [6.45, 7) is 7.19. The van der Waals surface area contributed by atoms with Crippen molar-refractivity contribution in [3.8, 4) is 6.07 Å². The quantitative estimate of drug-likeness (QED) is 0.810. The number of hydrogen-bond donors (Lipinski definition) is 1. The van der Waals surface area contributed by atoms with Crippen molar-refractivity contribution in [2.24, 2.45) is 0 Å². The lowest BCUT2D eigenvalue weighted by Crippen LogP contribution is -2.57. The Morgan fingerprint density at radius 3 is 2.76 bits per heavy atom. The van der Waals surface area contributed by atoms with E-state index in [1.165, 1.54) is 11.5 Å². The van der Waals surface area contributed by atoms with Gasteiger partial charge in [0.05, 0.1) is 0 Å². The minimum atomic E-state index is 0.101. The van der Waals surface area contributed by atoms with Gasteiger partial charge in [-0.1, -0.05) is 0 Å². The summed E-state index contributed by atoms with van der Waals surface area (Å²) in [5.41, 5.74) is 6.32. The van der Waals surface area contributed by atoms with E-state index in [0.717, 1.165) is 24.6 Å². The summed E-state index contributed by atoms with van der Waals surface area (Å²) in [6, 6.07) is 2.15. The predicted octanol–water partition coefficient (Wildman–Crippen LogP) is 1.13. The van der Waals surface area contributed by atoms with Crippen molar-refractivity contribution in [3.05, 3.63) is 5.56 Å². The van der Waals surface area contributed by atoms with Crippen LogP contribution in [-0.4, -0.2) is 41.5 Å². The van der Waals surface area contributed by atoms with Crippen molar-refractivity contribution in [2.75, 3.05) is 37.3 Å². The van der Waals surface area contributed by atoms with Gasteiger partial charge in [0.15, 0.2) is 5.82 Å². The molecule has 1 aromatic rings. The number of piperazine rings is 1. The van der Waals surface area contributed by atoms with Gasteiger partial charge in [-0.05, 0) is 32.4 Å². The number of rotatable bonds is 1. The van der Waals surface area contributed by atoms with E-state index in [-0.39, 0.29) is 5.54 Å². The normalized spacial score (nSPS) is 20.2. The van der Waals surface area contributed by atoms with Gasteiger partial charge in [-0.3, -0.25) is 4.90 Å². The summed E-state index contributed by atoms with van der Waals surface area (Å²) in [6.07, 6.45) is 0. The van der Waals surface area contributed by atoms with Crippen LogP contribution in [0.25, 0.3) is 0 Å². The van der Waals surface area contributed by atoms with Crippen LogP contribution in [0.15, 0.2) is 0 Å². The van der Waals surface area contributed by atoms with E-state index in [9.17, 15) is 0 Å². The first kappa shape index (κ1) is 12.1. The minimum Gasteiger partial charge on any atom is -0.382 e. The highest BCUT2D eigenvalue weighted by Gasteiger charge is 2.33. The molecular weight excluding hydrogens is 234 g/mol. The van der Waals surface area contributed by atoms with Crippen LogP contribution >= 0.6 is 11.5 Å². The third-order valence-electron chi connectivity index (χ3n) is 3.42. The highest BCUT2D eigenvalue weighted by atomic mass is 32.1. The van der Waals surface area contributed by atoms with Crippen molar-refractivity contribution < 1.29 is 0 Å². The highest BCUT2D eigenvalue weighted by Crippen LogP contribution is 2.33. The molecule has 2 heterocycles. The molecule has 1 fully saturated rings. The first-order chi connectivity index (χ1) is 7.95. The molecule has 2 N–H and O–H groups in total. The lowest BCUT2D eigenvalue weighted by atomic mass is 10.00. The third-order valence-corrected chi connectivity index (χ3v) is 4.34. The minimum absolute atomic E-state index is 0.101. The number of nitrogens with two attached hydrogens (primary N) is 1. The van der Waals surface area contributed by atoms with Crippen LogP contribution in [0.5, 0.6) is 0 Å². The molecular formula is C11H17N5S. The van der Waals surface area contributed by atoms with Crippen molar-refractivity contribution in [1.82, 2.24) is 9.27 Å². The van der Waals surface area contributed by atoms with Crippen LogP contribution in [0.4, 0.5) is 10.8 Å². The van der Waals surface area contributed by atoms with Gasteiger partial charge < -0.3 is 10.6 Å². The van der Waals surface area contributed by atoms with Crippen molar-refractivity contribution >= 4 is 22.4 Å². The van der Waals surface area contributed by atoms with Crippen LogP contribution in [0.2, 0.25) is 0 Å². The van der Waals surface area contributed by atoms with Gasteiger partial charge in [0.1, 0.15) is 16.6 Å². The van der Waals surface area contributed by atoms with E-state index in [1.807, 2.05) is 0 Å². The summed E-state index contributed by atoms with van der Waals surface area (Å²) >= 11 is 1.32. The monoisotopic (exact) mass is 251 g/mol. The molecule has 6 heteroatoms. The van der Waals surface area contributed by atoms with E-state index in [2.05, 4.69) is 41.1 Å². The van der Waals surface area contributed by atoms with Gasteiger partial charge in [-0.2, -0.15) is 9.64 Å². The van der Waals surface area contributed by atoms with E-state index in [1.54, 1.807) is 0 Å². The Balaban J connectivity index is 2.27. The maximum Gasteiger partial charge on any atom is 0.157 e. The topological polar surface area (TPSA) is 69.2 Å². The van der Waals surface area contributed by atoms with Gasteiger partial charge in [-0.15, -0.1) is 0 Å². The first-order valence-corrected chi connectivity index (χ1v) is 6.34. The number of nitriles is 1. The van der Waals surface area contributed by atoms with Crippen LogP contribution in [0.1, 0.15) is 19.4 Å². The molecule has 0 spiro atoms. The molecule has 1 aliphatic rings. The Bertz CT molecular complexity index is 459. The van der Waals surface area contributed by atoms with Crippen LogP contribution < -0.4 is 10.6 Å². The number of hydrogen-bond acceptors (Lipinski definition) is 6. The Morgan fingerprint density at radius 2 is 2.18 bits per heavy atom. The molecule has 0 unspecified atom stereocenters. The highest BCUT2D eigenvalue weighted by molar-refractivity contribution is 7.10. The average molecular weight is 251 g/mol. The maximum absolute atomic E-state index is 9.10. The van der Waals surface area contributed by atoms with Gasteiger partial charge in [-0.25, -0.2) is 0 Å². The second-order valence-electron chi connectivity index (χ2n) is 5.02. The molecule has 1 aliphatic heterocycles. The summed E-state index contributed by atoms with van der Waals surface area (Å²) in [7, 11) is 2.13. The Hall–Kier alpha value is -1.32. The summed E-state index contributed by atoms with van der Waals surface area (Å²) in [5.74, 6) is 0.351.